The van der Waals surface area contributed by atoms with E-state index in [4.69, 9.17) is 4.74 Å². The number of hydrogen-bond donors (Lipinski definition) is 1. The van der Waals surface area contributed by atoms with Crippen LogP contribution in [0.4, 0.5) is 0 Å². The molecular formula is C14H16BrNO. The molecule has 1 aromatic rings. The standard InChI is InChI=1S/C14H16BrNO/c1-2-3-4-6-16-10-12-9-13(15)8-11-5-7-17-14(11)12/h8-9,16H,4-7,10H2,1H3. The number of halogens is 1. The lowest BCUT2D eigenvalue weighted by molar-refractivity contribution is 0.352. The molecule has 90 valence electrons. The lowest BCUT2D eigenvalue weighted by Gasteiger charge is -2.09. The minimum absolute atomic E-state index is 0.806. The van der Waals surface area contributed by atoms with Crippen LogP contribution in [0.3, 0.4) is 0 Å². The van der Waals surface area contributed by atoms with Crippen molar-refractivity contribution in [2.45, 2.75) is 26.3 Å². The highest BCUT2D eigenvalue weighted by Crippen LogP contribution is 2.32. The zero-order chi connectivity index (χ0) is 12.1. The third kappa shape index (κ3) is 3.24. The zero-order valence-electron chi connectivity index (χ0n) is 9.98. The van der Waals surface area contributed by atoms with E-state index in [-0.39, 0.29) is 0 Å². The van der Waals surface area contributed by atoms with Crippen molar-refractivity contribution in [1.29, 1.82) is 0 Å². The third-order valence-electron chi connectivity index (χ3n) is 2.74. The summed E-state index contributed by atoms with van der Waals surface area (Å²) in [5.41, 5.74) is 2.54. The number of ether oxygens (including phenoxy) is 1. The Balaban J connectivity index is 1.98. The number of hydrogen-bond acceptors (Lipinski definition) is 2. The van der Waals surface area contributed by atoms with E-state index in [2.05, 4.69) is 45.2 Å². The molecule has 17 heavy (non-hydrogen) atoms. The predicted octanol–water partition coefficient (Wildman–Crippen LogP) is 2.89. The maximum absolute atomic E-state index is 5.67. The molecule has 1 heterocycles. The average molecular weight is 294 g/mol. The molecular weight excluding hydrogens is 278 g/mol. The molecule has 0 aromatic heterocycles. The minimum Gasteiger partial charge on any atom is -0.493 e. The van der Waals surface area contributed by atoms with E-state index in [0.29, 0.717) is 0 Å². The van der Waals surface area contributed by atoms with Crippen molar-refractivity contribution in [3.05, 3.63) is 27.7 Å². The molecule has 0 unspecified atom stereocenters. The fourth-order valence-corrected chi connectivity index (χ4v) is 2.53. The molecule has 0 spiro atoms. The van der Waals surface area contributed by atoms with E-state index < -0.39 is 0 Å². The van der Waals surface area contributed by atoms with E-state index >= 15 is 0 Å². The molecule has 0 radical (unpaired) electrons. The van der Waals surface area contributed by atoms with Crippen LogP contribution in [0.1, 0.15) is 24.5 Å². The fraction of sp³-hybridized carbons (Fsp3) is 0.429. The molecule has 2 nitrogen and oxygen atoms in total. The fourth-order valence-electron chi connectivity index (χ4n) is 1.98. The van der Waals surface area contributed by atoms with Crippen molar-refractivity contribution in [2.24, 2.45) is 0 Å². The van der Waals surface area contributed by atoms with Gasteiger partial charge in [-0.15, -0.1) is 11.8 Å². The van der Waals surface area contributed by atoms with Crippen molar-refractivity contribution < 1.29 is 4.74 Å². The highest BCUT2D eigenvalue weighted by Gasteiger charge is 2.16. The number of benzene rings is 1. The normalized spacial score (nSPS) is 12.6. The van der Waals surface area contributed by atoms with Crippen LogP contribution in [0.5, 0.6) is 5.75 Å². The summed E-state index contributed by atoms with van der Waals surface area (Å²) in [6.45, 7) is 4.43. The van der Waals surface area contributed by atoms with Gasteiger partial charge in [0.15, 0.2) is 0 Å². The molecule has 1 aromatic carbocycles. The Morgan fingerprint density at radius 3 is 3.18 bits per heavy atom. The Kier molecular flexibility index (Phi) is 4.47. The summed E-state index contributed by atoms with van der Waals surface area (Å²) in [4.78, 5) is 0. The predicted molar refractivity (Wildman–Crippen MR) is 73.1 cm³/mol. The van der Waals surface area contributed by atoms with Gasteiger partial charge < -0.3 is 10.1 Å². The SMILES string of the molecule is CC#CCCNCc1cc(Br)cc2c1OCC2. The Bertz CT molecular complexity index is 459. The molecule has 1 aliphatic heterocycles. The lowest BCUT2D eigenvalue weighted by atomic mass is 10.1. The van der Waals surface area contributed by atoms with Crippen molar-refractivity contribution in [2.75, 3.05) is 13.2 Å². The number of rotatable bonds is 4. The maximum Gasteiger partial charge on any atom is 0.127 e. The summed E-state index contributed by atoms with van der Waals surface area (Å²) in [5.74, 6) is 7.01. The maximum atomic E-state index is 5.67. The van der Waals surface area contributed by atoms with Crippen LogP contribution in [0, 0.1) is 11.8 Å². The summed E-state index contributed by atoms with van der Waals surface area (Å²) in [5, 5.41) is 3.39. The lowest BCUT2D eigenvalue weighted by Crippen LogP contribution is -2.14. The summed E-state index contributed by atoms with van der Waals surface area (Å²) in [6.07, 6.45) is 1.91. The molecule has 1 N–H and O–H groups in total. The molecule has 2 rings (SSSR count). The van der Waals surface area contributed by atoms with Crippen LogP contribution in [0.2, 0.25) is 0 Å². The molecule has 0 atom stereocenters. The smallest absolute Gasteiger partial charge is 0.127 e. The molecule has 3 heteroatoms. The van der Waals surface area contributed by atoms with Crippen molar-refractivity contribution in [3.8, 4) is 17.6 Å². The molecule has 1 aliphatic rings. The van der Waals surface area contributed by atoms with Crippen molar-refractivity contribution >= 4 is 15.9 Å². The van der Waals surface area contributed by atoms with Gasteiger partial charge in [-0.1, -0.05) is 15.9 Å². The van der Waals surface area contributed by atoms with Gasteiger partial charge in [-0.2, -0.15) is 0 Å². The number of fused-ring (bicyclic) bond motifs is 1. The summed E-state index contributed by atoms with van der Waals surface area (Å²) < 4.78 is 6.81. The van der Waals surface area contributed by atoms with Crippen LogP contribution in [-0.2, 0) is 13.0 Å². The highest BCUT2D eigenvalue weighted by atomic mass is 79.9. The second kappa shape index (κ2) is 6.09. The van der Waals surface area contributed by atoms with Crippen LogP contribution >= 0.6 is 15.9 Å². The van der Waals surface area contributed by atoms with Gasteiger partial charge in [0.05, 0.1) is 6.61 Å². The van der Waals surface area contributed by atoms with Gasteiger partial charge in [0.2, 0.25) is 0 Å². The van der Waals surface area contributed by atoms with Crippen LogP contribution in [0.25, 0.3) is 0 Å². The van der Waals surface area contributed by atoms with Gasteiger partial charge >= 0.3 is 0 Å². The Hall–Kier alpha value is -0.980. The molecule has 0 amide bonds. The number of nitrogens with one attached hydrogen (secondary N) is 1. The summed E-state index contributed by atoms with van der Waals surface area (Å²) in [6, 6.07) is 4.27. The first-order valence-corrected chi connectivity index (χ1v) is 6.65. The van der Waals surface area contributed by atoms with E-state index in [0.717, 1.165) is 42.8 Å². The van der Waals surface area contributed by atoms with E-state index in [1.165, 1.54) is 11.1 Å². The molecule has 0 saturated carbocycles. The largest absolute Gasteiger partial charge is 0.493 e. The van der Waals surface area contributed by atoms with Gasteiger partial charge in [-0.25, -0.2) is 0 Å². The topological polar surface area (TPSA) is 21.3 Å². The van der Waals surface area contributed by atoms with Crippen LogP contribution < -0.4 is 10.1 Å². The molecule has 0 bridgehead atoms. The van der Waals surface area contributed by atoms with E-state index in [1.54, 1.807) is 0 Å². The Labute approximate surface area is 111 Å². The van der Waals surface area contributed by atoms with Crippen molar-refractivity contribution in [1.82, 2.24) is 5.32 Å². The van der Waals surface area contributed by atoms with E-state index in [1.807, 2.05) is 6.92 Å². The van der Waals surface area contributed by atoms with Crippen LogP contribution in [-0.4, -0.2) is 13.2 Å². The first-order chi connectivity index (χ1) is 8.31. The third-order valence-corrected chi connectivity index (χ3v) is 3.20. The van der Waals surface area contributed by atoms with E-state index in [9.17, 15) is 0 Å². The molecule has 0 saturated heterocycles. The van der Waals surface area contributed by atoms with Gasteiger partial charge in [-0.3, -0.25) is 0 Å². The zero-order valence-corrected chi connectivity index (χ0v) is 11.6. The Morgan fingerprint density at radius 2 is 2.35 bits per heavy atom. The van der Waals surface area contributed by atoms with Gasteiger partial charge in [0.1, 0.15) is 5.75 Å². The second-order valence-corrected chi connectivity index (χ2v) is 4.92. The first kappa shape index (κ1) is 12.5. The monoisotopic (exact) mass is 293 g/mol. The summed E-state index contributed by atoms with van der Waals surface area (Å²) >= 11 is 3.54. The first-order valence-electron chi connectivity index (χ1n) is 5.85. The van der Waals surface area contributed by atoms with Crippen molar-refractivity contribution in [3.63, 3.8) is 0 Å². The molecule has 0 aliphatic carbocycles. The van der Waals surface area contributed by atoms with Crippen LogP contribution in [0.15, 0.2) is 16.6 Å². The molecule has 0 fully saturated rings. The highest BCUT2D eigenvalue weighted by molar-refractivity contribution is 9.10. The second-order valence-electron chi connectivity index (χ2n) is 4.01. The average Bonchev–Trinajstić information content (AvgIpc) is 2.76. The van der Waals surface area contributed by atoms with Gasteiger partial charge in [0.25, 0.3) is 0 Å². The quantitative estimate of drug-likeness (QED) is 0.681. The van der Waals surface area contributed by atoms with Gasteiger partial charge in [-0.05, 0) is 24.6 Å². The minimum atomic E-state index is 0.806. The summed E-state index contributed by atoms with van der Waals surface area (Å²) in [7, 11) is 0. The Morgan fingerprint density at radius 1 is 1.47 bits per heavy atom. The van der Waals surface area contributed by atoms with Gasteiger partial charge in [0, 0.05) is 36.0 Å².